The van der Waals surface area contributed by atoms with E-state index in [0.717, 1.165) is 0 Å². The molecule has 0 aliphatic carbocycles. The fourth-order valence-electron chi connectivity index (χ4n) is 2.28. The van der Waals surface area contributed by atoms with Crippen molar-refractivity contribution in [3.8, 4) is 5.69 Å². The summed E-state index contributed by atoms with van der Waals surface area (Å²) < 4.78 is 6.68. The van der Waals surface area contributed by atoms with Crippen molar-refractivity contribution in [2.45, 2.75) is 20.8 Å². The number of anilines is 2. The molecule has 0 aliphatic rings. The Balaban J connectivity index is 1.84. The second kappa shape index (κ2) is 6.11. The average Bonchev–Trinajstić information content (AvgIpc) is 3.12. The molecule has 1 N–H and O–H groups in total. The van der Waals surface area contributed by atoms with Crippen LogP contribution in [-0.2, 0) is 0 Å². The summed E-state index contributed by atoms with van der Waals surface area (Å²) in [5, 5.41) is 11.0. The molecule has 0 bridgehead atoms. The van der Waals surface area contributed by atoms with Crippen molar-refractivity contribution in [3.05, 3.63) is 42.1 Å². The van der Waals surface area contributed by atoms with Crippen molar-refractivity contribution in [3.63, 3.8) is 0 Å². The lowest BCUT2D eigenvalue weighted by Crippen LogP contribution is -2.31. The highest BCUT2D eigenvalue weighted by atomic mass is 16.5. The number of hydrogen-bond acceptors (Lipinski definition) is 6. The number of nitrogens with one attached hydrogen (secondary N) is 1. The molecule has 3 rings (SSSR count). The van der Waals surface area contributed by atoms with Crippen molar-refractivity contribution in [1.82, 2.24) is 24.9 Å². The lowest BCUT2D eigenvalue weighted by atomic mass is 10.3. The van der Waals surface area contributed by atoms with E-state index >= 15 is 0 Å². The molecule has 3 aromatic heterocycles. The minimum absolute atomic E-state index is 0.309. The van der Waals surface area contributed by atoms with Crippen molar-refractivity contribution >= 4 is 17.4 Å². The normalized spacial score (nSPS) is 10.7. The second-order valence-corrected chi connectivity index (χ2v) is 5.33. The Morgan fingerprint density at radius 1 is 1.21 bits per heavy atom. The van der Waals surface area contributed by atoms with Crippen LogP contribution in [0.15, 0.2) is 29.4 Å². The first-order valence-corrected chi connectivity index (χ1v) is 7.26. The third-order valence-electron chi connectivity index (χ3n) is 3.62. The zero-order valence-corrected chi connectivity index (χ0v) is 13.8. The molecule has 2 amide bonds. The molecule has 0 saturated carbocycles. The van der Waals surface area contributed by atoms with Gasteiger partial charge in [-0.05, 0) is 20.8 Å². The zero-order valence-electron chi connectivity index (χ0n) is 13.8. The van der Waals surface area contributed by atoms with E-state index in [1.165, 1.54) is 11.2 Å². The van der Waals surface area contributed by atoms with Crippen LogP contribution in [0.5, 0.6) is 0 Å². The lowest BCUT2D eigenvalue weighted by Gasteiger charge is -2.16. The van der Waals surface area contributed by atoms with Crippen molar-refractivity contribution in [1.29, 1.82) is 0 Å². The van der Waals surface area contributed by atoms with Gasteiger partial charge in [-0.2, -0.15) is 5.10 Å². The maximum atomic E-state index is 12.5. The highest BCUT2D eigenvalue weighted by Crippen LogP contribution is 2.23. The van der Waals surface area contributed by atoms with Crippen LogP contribution in [0, 0.1) is 20.8 Å². The smallest absolute Gasteiger partial charge is 0.326 e. The Kier molecular flexibility index (Phi) is 3.98. The van der Waals surface area contributed by atoms with Gasteiger partial charge in [0.05, 0.1) is 30.0 Å². The van der Waals surface area contributed by atoms with Gasteiger partial charge in [-0.25, -0.2) is 19.4 Å². The SMILES string of the molecule is Cc1nn(-c2cncnc2)cc1N(C)C(=O)Nc1c(C)noc1C. The number of carbonyl (C=O) groups is 1. The summed E-state index contributed by atoms with van der Waals surface area (Å²) >= 11 is 0. The minimum atomic E-state index is -0.309. The van der Waals surface area contributed by atoms with Crippen LogP contribution >= 0.6 is 0 Å². The highest BCUT2D eigenvalue weighted by molar-refractivity contribution is 6.02. The quantitative estimate of drug-likeness (QED) is 0.791. The van der Waals surface area contributed by atoms with E-state index in [0.29, 0.717) is 34.2 Å². The van der Waals surface area contributed by atoms with Crippen LogP contribution in [0.2, 0.25) is 0 Å². The molecule has 0 spiro atoms. The molecule has 0 atom stereocenters. The Hall–Kier alpha value is -3.23. The first-order valence-electron chi connectivity index (χ1n) is 7.26. The summed E-state index contributed by atoms with van der Waals surface area (Å²) in [5.74, 6) is 0.558. The third-order valence-corrected chi connectivity index (χ3v) is 3.62. The molecule has 24 heavy (non-hydrogen) atoms. The molecule has 9 heteroatoms. The van der Waals surface area contributed by atoms with Gasteiger partial charge < -0.3 is 9.84 Å². The van der Waals surface area contributed by atoms with Gasteiger partial charge >= 0.3 is 6.03 Å². The number of rotatable bonds is 3. The van der Waals surface area contributed by atoms with Gasteiger partial charge in [-0.15, -0.1) is 0 Å². The maximum Gasteiger partial charge on any atom is 0.326 e. The van der Waals surface area contributed by atoms with E-state index in [2.05, 4.69) is 25.5 Å². The van der Waals surface area contributed by atoms with Crippen LogP contribution in [0.4, 0.5) is 16.2 Å². The maximum absolute atomic E-state index is 12.5. The number of nitrogens with zero attached hydrogens (tertiary/aromatic N) is 6. The van der Waals surface area contributed by atoms with Gasteiger partial charge in [0.2, 0.25) is 0 Å². The summed E-state index contributed by atoms with van der Waals surface area (Å²) in [6.07, 6.45) is 6.49. The average molecular weight is 327 g/mol. The molecule has 0 saturated heterocycles. The molecule has 9 nitrogen and oxygen atoms in total. The number of hydrogen-bond donors (Lipinski definition) is 1. The van der Waals surface area contributed by atoms with Gasteiger partial charge in [0.25, 0.3) is 0 Å². The van der Waals surface area contributed by atoms with Gasteiger partial charge in [0.15, 0.2) is 5.76 Å². The molecule has 0 radical (unpaired) electrons. The van der Waals surface area contributed by atoms with Crippen molar-refractivity contribution in [2.75, 3.05) is 17.3 Å². The standard InChI is InChI=1S/C15H17N7O2/c1-9-13(7-22(19-9)12-5-16-8-17-6-12)21(4)15(23)18-14-10(2)20-24-11(14)3/h5-8H,1-4H3,(H,18,23). The number of aromatic nitrogens is 5. The molecule has 3 heterocycles. The predicted octanol–water partition coefficient (Wildman–Crippen LogP) is 2.24. The van der Waals surface area contributed by atoms with Gasteiger partial charge in [0.1, 0.15) is 23.4 Å². The number of aryl methyl sites for hydroxylation is 3. The van der Waals surface area contributed by atoms with E-state index in [4.69, 9.17) is 4.52 Å². The molecule has 0 unspecified atom stereocenters. The van der Waals surface area contributed by atoms with Gasteiger partial charge in [-0.1, -0.05) is 5.16 Å². The highest BCUT2D eigenvalue weighted by Gasteiger charge is 2.19. The third kappa shape index (κ3) is 2.83. The second-order valence-electron chi connectivity index (χ2n) is 5.33. The van der Waals surface area contributed by atoms with Gasteiger partial charge in [-0.3, -0.25) is 4.90 Å². The Morgan fingerprint density at radius 3 is 2.54 bits per heavy atom. The molecule has 0 fully saturated rings. The fourth-order valence-corrected chi connectivity index (χ4v) is 2.28. The molecular formula is C15H17N7O2. The predicted molar refractivity (Wildman–Crippen MR) is 87.3 cm³/mol. The summed E-state index contributed by atoms with van der Waals surface area (Å²) in [4.78, 5) is 21.9. The summed E-state index contributed by atoms with van der Waals surface area (Å²) in [6, 6.07) is -0.309. The van der Waals surface area contributed by atoms with E-state index in [9.17, 15) is 4.79 Å². The van der Waals surface area contributed by atoms with E-state index < -0.39 is 0 Å². The van der Waals surface area contributed by atoms with Gasteiger partial charge in [0, 0.05) is 7.05 Å². The van der Waals surface area contributed by atoms with E-state index in [1.807, 2.05) is 6.92 Å². The summed E-state index contributed by atoms with van der Waals surface area (Å²) in [6.45, 7) is 5.34. The monoisotopic (exact) mass is 327 g/mol. The summed E-state index contributed by atoms with van der Waals surface area (Å²) in [5.41, 5.74) is 3.29. The topological polar surface area (TPSA) is 102 Å². The minimum Gasteiger partial charge on any atom is -0.359 e. The number of urea groups is 1. The first kappa shape index (κ1) is 15.7. The van der Waals surface area contributed by atoms with Crippen LogP contribution in [0.25, 0.3) is 5.69 Å². The molecule has 3 aromatic rings. The van der Waals surface area contributed by atoms with E-state index in [1.54, 1.807) is 44.2 Å². The summed E-state index contributed by atoms with van der Waals surface area (Å²) in [7, 11) is 1.67. The Labute approximate surface area is 138 Å². The van der Waals surface area contributed by atoms with Crippen LogP contribution in [0.3, 0.4) is 0 Å². The molecule has 0 aromatic carbocycles. The first-order chi connectivity index (χ1) is 11.5. The van der Waals surface area contributed by atoms with Crippen LogP contribution in [0.1, 0.15) is 17.1 Å². The van der Waals surface area contributed by atoms with E-state index in [-0.39, 0.29) is 6.03 Å². The van der Waals surface area contributed by atoms with Crippen LogP contribution < -0.4 is 10.2 Å². The lowest BCUT2D eigenvalue weighted by molar-refractivity contribution is 0.258. The van der Waals surface area contributed by atoms with Crippen molar-refractivity contribution in [2.24, 2.45) is 0 Å². The number of amides is 2. The van der Waals surface area contributed by atoms with Crippen LogP contribution in [-0.4, -0.2) is 38.0 Å². The van der Waals surface area contributed by atoms with Crippen molar-refractivity contribution < 1.29 is 9.32 Å². The molecular weight excluding hydrogens is 310 g/mol. The largest absolute Gasteiger partial charge is 0.359 e. The Bertz CT molecular complexity index is 850. The fraction of sp³-hybridized carbons (Fsp3) is 0.267. The molecule has 0 aliphatic heterocycles. The zero-order chi connectivity index (χ0) is 17.3. The molecule has 124 valence electrons. The Morgan fingerprint density at radius 2 is 1.92 bits per heavy atom. The number of carbonyl (C=O) groups excluding carboxylic acids is 1.